The quantitative estimate of drug-likeness (QED) is 0.0270. The van der Waals surface area contributed by atoms with Gasteiger partial charge in [0.15, 0.2) is 34.8 Å². The second kappa shape index (κ2) is 31.9. The van der Waals surface area contributed by atoms with Crippen LogP contribution in [0.2, 0.25) is 54.4 Å². The van der Waals surface area contributed by atoms with Crippen molar-refractivity contribution in [1.82, 2.24) is 0 Å². The lowest BCUT2D eigenvalue weighted by Gasteiger charge is -2.56. The summed E-state index contributed by atoms with van der Waals surface area (Å²) in [6, 6.07) is 17.9. The van der Waals surface area contributed by atoms with Gasteiger partial charge in [-0.1, -0.05) is 187 Å². The van der Waals surface area contributed by atoms with Crippen LogP contribution in [0, 0.1) is 23.7 Å². The van der Waals surface area contributed by atoms with Crippen LogP contribution in [-0.4, -0.2) is 145 Å². The molecule has 5 fully saturated rings. The van der Waals surface area contributed by atoms with Gasteiger partial charge in [0.05, 0.1) is 70.6 Å². The monoisotopic (exact) mass is 1480 g/mol. The van der Waals surface area contributed by atoms with Crippen LogP contribution in [0.15, 0.2) is 89.9 Å². The number of aliphatic hydroxyl groups excluding tert-OH is 1. The first-order chi connectivity index (χ1) is 43.2. The fourth-order valence-electron chi connectivity index (χ4n) is 14.0. The van der Waals surface area contributed by atoms with Crippen molar-refractivity contribution in [2.24, 2.45) is 23.7 Å². The van der Waals surface area contributed by atoms with Gasteiger partial charge < -0.3 is 46.8 Å². The normalized spacial score (nSPS) is 31.3. The number of halogens is 1. The van der Waals surface area contributed by atoms with E-state index in [0.717, 1.165) is 49.4 Å². The van der Waals surface area contributed by atoms with E-state index in [9.17, 15) is 9.90 Å². The molecule has 2 aromatic carbocycles. The Kier molecular flexibility index (Phi) is 27.0. The van der Waals surface area contributed by atoms with E-state index in [0.29, 0.717) is 49.5 Å². The second-order valence-corrected chi connectivity index (χ2v) is 50.6. The number of carbonyl (C=O) groups is 1. The van der Waals surface area contributed by atoms with E-state index in [1.54, 1.807) is 36.4 Å². The summed E-state index contributed by atoms with van der Waals surface area (Å²) in [6.07, 6.45) is 6.60. The molecule has 1 N–H and O–H groups in total. The smallest absolute Gasteiger partial charge is 0.338 e. The number of fused-ring (bicyclic) bond motifs is 2. The maximum absolute atomic E-state index is 15.4. The first kappa shape index (κ1) is 78.7. The van der Waals surface area contributed by atoms with Crippen molar-refractivity contribution in [3.63, 3.8) is 0 Å². The van der Waals surface area contributed by atoms with Crippen molar-refractivity contribution in [3.05, 3.63) is 90.5 Å². The molecule has 5 aliphatic rings. The molecule has 0 aliphatic carbocycles. The van der Waals surface area contributed by atoms with Gasteiger partial charge >= 0.3 is 5.97 Å². The van der Waals surface area contributed by atoms with Crippen LogP contribution in [0.3, 0.4) is 0 Å². The van der Waals surface area contributed by atoms with Crippen molar-refractivity contribution < 1.29 is 60.0 Å². The highest BCUT2D eigenvalue weighted by Crippen LogP contribution is 2.51. The molecule has 6 unspecified atom stereocenters. The minimum Gasteiger partial charge on any atom is -0.455 e. The highest BCUT2D eigenvalue weighted by atomic mass is 127. The molecule has 0 saturated carbocycles. The molecule has 13 nitrogen and oxygen atoms in total. The predicted octanol–water partition coefficient (Wildman–Crippen LogP) is 18.0. The minimum atomic E-state index is -4.10. The SMILES string of the molecule is C=C(C)[C@H](C)CC1CC[C@@H]2OC(CCC(/C=C/[C@H](O[Si](C)(C)C(C)(C)C)[C@@H]3O[C@H]4CC[C@H](CC(O)C(C5[C@H](CCC)O[C@H](C[C@H](C)CC)[C@@H]5C)S(=O)(=O)c5ccccc5)O[C@@H]4[C@H](O[Si](C)(C)C(C)(C)C)[C@@H]3O[Si](C)(C)C(C)(C)C)OC(=O)c3ccccc3)C[C@]2(CI)O1. The second-order valence-electron chi connectivity index (χ2n) is 33.5. The Balaban J connectivity index is 1.29. The number of sulfone groups is 1. The predicted molar refractivity (Wildman–Crippen MR) is 393 cm³/mol. The Labute approximate surface area is 580 Å². The maximum Gasteiger partial charge on any atom is 0.338 e. The number of aliphatic hydroxyl groups is 1. The zero-order valence-corrected chi connectivity index (χ0v) is 67.1. The summed E-state index contributed by atoms with van der Waals surface area (Å²) >= 11 is 2.48. The summed E-state index contributed by atoms with van der Waals surface area (Å²) in [7, 11) is -12.2. The van der Waals surface area contributed by atoms with Crippen molar-refractivity contribution in [1.29, 1.82) is 0 Å². The Morgan fingerprint density at radius 3 is 1.90 bits per heavy atom. The molecule has 0 aromatic heterocycles. The van der Waals surface area contributed by atoms with Crippen molar-refractivity contribution in [2.45, 2.75) is 343 Å². The van der Waals surface area contributed by atoms with Gasteiger partial charge in [-0.15, -0.1) is 0 Å². The molecule has 0 amide bonds. The van der Waals surface area contributed by atoms with Gasteiger partial charge in [-0.3, -0.25) is 0 Å². The number of rotatable bonds is 29. The van der Waals surface area contributed by atoms with E-state index in [2.05, 4.69) is 178 Å². The number of esters is 1. The Bertz CT molecular complexity index is 2860. The zero-order valence-electron chi connectivity index (χ0n) is 61.1. The summed E-state index contributed by atoms with van der Waals surface area (Å²) in [5.74, 6) is -0.204. The van der Waals surface area contributed by atoms with Crippen LogP contribution in [0.25, 0.3) is 0 Å². The molecule has 18 heteroatoms. The van der Waals surface area contributed by atoms with Gasteiger partial charge in [-0.05, 0) is 167 Å². The Morgan fingerprint density at radius 1 is 0.742 bits per heavy atom. The fourth-order valence-corrected chi connectivity index (χ4v) is 21.0. The van der Waals surface area contributed by atoms with E-state index in [-0.39, 0.29) is 68.5 Å². The van der Waals surface area contributed by atoms with Crippen LogP contribution < -0.4 is 0 Å². The third-order valence-electron chi connectivity index (χ3n) is 23.3. The molecule has 0 bridgehead atoms. The van der Waals surface area contributed by atoms with E-state index in [1.165, 1.54) is 5.57 Å². The average molecular weight is 1480 g/mol. The number of ether oxygens (including phenoxy) is 6. The van der Waals surface area contributed by atoms with Gasteiger partial charge in [0.2, 0.25) is 0 Å². The maximum atomic E-state index is 15.4. The van der Waals surface area contributed by atoms with E-state index < -0.39 is 107 Å². The largest absolute Gasteiger partial charge is 0.455 e. The highest BCUT2D eigenvalue weighted by molar-refractivity contribution is 14.1. The third-order valence-corrected chi connectivity index (χ3v) is 40.3. The standard InChI is InChI=1S/C75H125IO13SSi3/c1-23-31-60-65(52(7)63(84-60)44-50(5)24-2)70(90(79,80)58-34-29-26-30-35-58)59(77)46-55-39-41-61-66(82-55)68(88-92(19,20)73(11,12)13)69(89-93(21,22)74(14,15)16)67(85-61)62(87-91(17,18)72(8,9)10)42-38-54(83-71(78)53-32-27-25-28-33-53)36-37-57-47-75(48-76)64(81-57)43-40-56(86-75)45-51(6)49(3)4/h25-30,32-35,38,42,50-52,54-57,59-70,77H,3,23-24,31,36-37,39-41,43-48H2,1-2,4-22H3/b42-38+/t50-,51-,52+,54?,55-,56?,57?,59?,60+,61+,62+,63-,64+,65?,66+,67+,68+,69-,70?,75-/m1/s1. The fraction of sp³-hybridized carbons (Fsp3) is 0.773. The number of carbonyl (C=O) groups excluding carboxylic acids is 1. The van der Waals surface area contributed by atoms with Crippen LogP contribution in [0.1, 0.15) is 198 Å². The summed E-state index contributed by atoms with van der Waals surface area (Å²) in [4.78, 5) is 14.5. The molecule has 5 aliphatic heterocycles. The van der Waals surface area contributed by atoms with Crippen LogP contribution in [0.5, 0.6) is 0 Å². The average Bonchev–Trinajstić information content (AvgIpc) is 1.65. The summed E-state index contributed by atoms with van der Waals surface area (Å²) in [5, 5.41) is 11.3. The first-order valence-electron chi connectivity index (χ1n) is 35.7. The van der Waals surface area contributed by atoms with Crippen LogP contribution >= 0.6 is 22.6 Å². The molecule has 0 radical (unpaired) electrons. The molecule has 20 atom stereocenters. The molecule has 0 spiro atoms. The van der Waals surface area contributed by atoms with Gasteiger partial charge in [0.25, 0.3) is 0 Å². The van der Waals surface area contributed by atoms with Crippen LogP contribution in [0.4, 0.5) is 0 Å². The zero-order chi connectivity index (χ0) is 69.0. The Morgan fingerprint density at radius 2 is 1.33 bits per heavy atom. The third kappa shape index (κ3) is 19.1. The summed E-state index contributed by atoms with van der Waals surface area (Å²) < 4.78 is 97.8. The minimum absolute atomic E-state index is 0.0103. The number of hydrogen-bond donors (Lipinski definition) is 1. The van der Waals surface area contributed by atoms with Crippen molar-refractivity contribution in [3.8, 4) is 0 Å². The molecule has 7 rings (SSSR count). The molecule has 528 valence electrons. The van der Waals surface area contributed by atoms with Gasteiger partial charge in [0.1, 0.15) is 36.1 Å². The molecule has 2 aromatic rings. The lowest BCUT2D eigenvalue weighted by molar-refractivity contribution is -0.268. The van der Waals surface area contributed by atoms with Gasteiger partial charge in [-0.2, -0.15) is 0 Å². The summed E-state index contributed by atoms with van der Waals surface area (Å²) in [5.41, 5.74) is 1.26. The van der Waals surface area contributed by atoms with Gasteiger partial charge in [-0.25, -0.2) is 13.2 Å². The van der Waals surface area contributed by atoms with Gasteiger partial charge in [0, 0.05) is 23.2 Å². The van der Waals surface area contributed by atoms with Crippen molar-refractivity contribution >= 4 is 63.3 Å². The van der Waals surface area contributed by atoms with E-state index >= 15 is 8.42 Å². The molecule has 5 heterocycles. The van der Waals surface area contributed by atoms with Crippen LogP contribution in [-0.2, 0) is 51.5 Å². The first-order valence-corrected chi connectivity index (χ1v) is 47.4. The molecular formula is C75H125IO13SSi3. The number of benzene rings is 2. The Hall–Kier alpha value is -1.64. The number of allylic oxidation sites excluding steroid dienone is 1. The van der Waals surface area contributed by atoms with E-state index in [4.69, 9.17) is 41.7 Å². The lowest BCUT2D eigenvalue weighted by atomic mass is 9.79. The lowest BCUT2D eigenvalue weighted by Crippen LogP contribution is -2.69. The van der Waals surface area contributed by atoms with E-state index in [1.807, 2.05) is 30.3 Å². The van der Waals surface area contributed by atoms with Crippen molar-refractivity contribution in [2.75, 3.05) is 4.43 Å². The topological polar surface area (TPSA) is 155 Å². The number of hydrogen-bond acceptors (Lipinski definition) is 13. The number of alkyl halides is 1. The highest BCUT2D eigenvalue weighted by Gasteiger charge is 2.60. The summed E-state index contributed by atoms with van der Waals surface area (Å²) in [6.45, 7) is 51.2. The molecule has 5 saturated heterocycles. The molecular weight excluding hydrogens is 1350 g/mol. The molecule has 93 heavy (non-hydrogen) atoms.